The normalized spacial score (nSPS) is 14.5. The maximum absolute atomic E-state index is 12.9. The first-order chi connectivity index (χ1) is 17.4. The lowest BCUT2D eigenvalue weighted by Crippen LogP contribution is -2.30. The summed E-state index contributed by atoms with van der Waals surface area (Å²) in [5.74, 6) is 0.125. The number of halogens is 2. The van der Waals surface area contributed by atoms with E-state index in [0.717, 1.165) is 27.5 Å². The Bertz CT molecular complexity index is 1500. The molecule has 4 aromatic rings. The summed E-state index contributed by atoms with van der Waals surface area (Å²) < 4.78 is 6.72. The molecule has 5 rings (SSSR count). The Balaban J connectivity index is 1.33. The van der Waals surface area contributed by atoms with Crippen LogP contribution in [0.5, 0.6) is 5.75 Å². The fraction of sp³-hybridized carbons (Fsp3) is 0.103. The van der Waals surface area contributed by atoms with Crippen LogP contribution < -0.4 is 10.1 Å². The van der Waals surface area contributed by atoms with Crippen molar-refractivity contribution in [2.24, 2.45) is 0 Å². The van der Waals surface area contributed by atoms with E-state index >= 15 is 0 Å². The number of hydrogen-bond donors (Lipinski definition) is 1. The first-order valence-electron chi connectivity index (χ1n) is 11.4. The Labute approximate surface area is 222 Å². The molecule has 0 aliphatic carbocycles. The molecule has 0 saturated carbocycles. The van der Waals surface area contributed by atoms with E-state index in [0.29, 0.717) is 27.4 Å². The van der Waals surface area contributed by atoms with E-state index in [4.69, 9.17) is 16.3 Å². The van der Waals surface area contributed by atoms with Crippen LogP contribution in [0.4, 0.5) is 4.79 Å². The Morgan fingerprint density at radius 1 is 1.00 bits per heavy atom. The van der Waals surface area contributed by atoms with E-state index in [1.807, 2.05) is 55.5 Å². The Morgan fingerprint density at radius 3 is 2.58 bits per heavy atom. The number of hydrogen-bond acceptors (Lipinski definition) is 3. The molecule has 0 radical (unpaired) electrons. The van der Waals surface area contributed by atoms with Crippen molar-refractivity contribution >= 4 is 56.3 Å². The molecule has 1 fully saturated rings. The predicted octanol–water partition coefficient (Wildman–Crippen LogP) is 7.24. The van der Waals surface area contributed by atoms with Crippen LogP contribution in [0.2, 0.25) is 5.02 Å². The van der Waals surface area contributed by atoms with Crippen molar-refractivity contribution in [2.75, 3.05) is 0 Å². The zero-order valence-corrected chi connectivity index (χ0v) is 21.8. The zero-order chi connectivity index (χ0) is 25.2. The van der Waals surface area contributed by atoms with Crippen molar-refractivity contribution in [1.29, 1.82) is 0 Å². The molecule has 36 heavy (non-hydrogen) atoms. The summed E-state index contributed by atoms with van der Waals surface area (Å²) in [5, 5.41) is 5.32. The molecule has 7 heteroatoms. The van der Waals surface area contributed by atoms with Crippen molar-refractivity contribution < 1.29 is 14.3 Å². The highest BCUT2D eigenvalue weighted by molar-refractivity contribution is 9.10. The number of carbonyl (C=O) groups is 2. The molecule has 1 saturated heterocycles. The van der Waals surface area contributed by atoms with Gasteiger partial charge in [0.2, 0.25) is 0 Å². The lowest BCUT2D eigenvalue weighted by Gasteiger charge is -2.13. The van der Waals surface area contributed by atoms with Gasteiger partial charge in [-0.2, -0.15) is 0 Å². The molecule has 3 amide bonds. The molecule has 1 aliphatic rings. The van der Waals surface area contributed by atoms with E-state index in [9.17, 15) is 9.59 Å². The van der Waals surface area contributed by atoms with Crippen LogP contribution in [-0.2, 0) is 17.9 Å². The number of carbonyl (C=O) groups excluding carboxylic acids is 2. The van der Waals surface area contributed by atoms with Crippen LogP contribution >= 0.6 is 27.5 Å². The number of amides is 3. The van der Waals surface area contributed by atoms with E-state index < -0.39 is 6.03 Å². The minimum atomic E-state index is -0.451. The maximum atomic E-state index is 12.9. The molecule has 0 atom stereocenters. The van der Waals surface area contributed by atoms with Crippen LogP contribution in [0.1, 0.15) is 22.3 Å². The van der Waals surface area contributed by atoms with Crippen molar-refractivity contribution in [3.63, 3.8) is 0 Å². The summed E-state index contributed by atoms with van der Waals surface area (Å²) in [5.41, 5.74) is 3.86. The monoisotopic (exact) mass is 560 g/mol. The van der Waals surface area contributed by atoms with E-state index in [1.165, 1.54) is 4.90 Å². The van der Waals surface area contributed by atoms with Gasteiger partial charge in [-0.1, -0.05) is 83.9 Å². The van der Waals surface area contributed by atoms with E-state index in [1.54, 1.807) is 18.2 Å². The molecule has 0 bridgehead atoms. The maximum Gasteiger partial charge on any atom is 0.329 e. The average Bonchev–Trinajstić information content (AvgIpc) is 3.11. The molecule has 0 aromatic heterocycles. The second kappa shape index (κ2) is 10.2. The zero-order valence-electron chi connectivity index (χ0n) is 19.4. The summed E-state index contributed by atoms with van der Waals surface area (Å²) in [7, 11) is 0. The summed E-state index contributed by atoms with van der Waals surface area (Å²) >= 11 is 10.1. The lowest BCUT2D eigenvalue weighted by molar-refractivity contribution is -0.123. The Morgan fingerprint density at radius 2 is 1.78 bits per heavy atom. The van der Waals surface area contributed by atoms with Gasteiger partial charge in [-0.3, -0.25) is 9.69 Å². The van der Waals surface area contributed by atoms with Crippen molar-refractivity contribution in [3.8, 4) is 5.75 Å². The third-order valence-corrected chi connectivity index (χ3v) is 6.84. The smallest absolute Gasteiger partial charge is 0.329 e. The van der Waals surface area contributed by atoms with Crippen LogP contribution in [0, 0.1) is 6.92 Å². The molecule has 180 valence electrons. The van der Waals surface area contributed by atoms with Crippen LogP contribution in [-0.4, -0.2) is 16.8 Å². The highest BCUT2D eigenvalue weighted by Gasteiger charge is 2.33. The van der Waals surface area contributed by atoms with Crippen LogP contribution in [0.15, 0.2) is 89.0 Å². The summed E-state index contributed by atoms with van der Waals surface area (Å²) in [4.78, 5) is 26.6. The van der Waals surface area contributed by atoms with Gasteiger partial charge in [0.05, 0.1) is 16.0 Å². The molecule has 1 N–H and O–H groups in total. The molecule has 0 spiro atoms. The lowest BCUT2D eigenvalue weighted by atomic mass is 10.1. The fourth-order valence-electron chi connectivity index (χ4n) is 4.24. The van der Waals surface area contributed by atoms with Crippen LogP contribution in [0.3, 0.4) is 0 Å². The SMILES string of the molecule is Cc1cccc(CN2C(=O)N/C(=C/c3cc(Cl)c(OCc4cccc5ccccc45)c(Br)c3)C2=O)c1. The Hall–Kier alpha value is -3.61. The van der Waals surface area contributed by atoms with Crippen molar-refractivity contribution in [2.45, 2.75) is 20.1 Å². The van der Waals surface area contributed by atoms with Gasteiger partial charge in [-0.25, -0.2) is 4.79 Å². The molecule has 4 aromatic carbocycles. The molecule has 5 nitrogen and oxygen atoms in total. The highest BCUT2D eigenvalue weighted by atomic mass is 79.9. The number of imide groups is 1. The highest BCUT2D eigenvalue weighted by Crippen LogP contribution is 2.36. The quantitative estimate of drug-likeness (QED) is 0.199. The van der Waals surface area contributed by atoms with Gasteiger partial charge in [0.1, 0.15) is 12.3 Å². The van der Waals surface area contributed by atoms with Gasteiger partial charge < -0.3 is 10.1 Å². The third-order valence-electron chi connectivity index (χ3n) is 5.97. The largest absolute Gasteiger partial charge is 0.486 e. The summed E-state index contributed by atoms with van der Waals surface area (Å²) in [6.07, 6.45) is 1.61. The first kappa shape index (κ1) is 24.1. The minimum absolute atomic E-state index is 0.194. The van der Waals surface area contributed by atoms with Gasteiger partial charge >= 0.3 is 6.03 Å². The second-order valence-corrected chi connectivity index (χ2v) is 9.87. The van der Waals surface area contributed by atoms with E-state index in [2.05, 4.69) is 39.4 Å². The van der Waals surface area contributed by atoms with Gasteiger partial charge in [-0.05, 0) is 68.5 Å². The van der Waals surface area contributed by atoms with Gasteiger partial charge in [-0.15, -0.1) is 0 Å². The third kappa shape index (κ3) is 5.01. The molecular formula is C29H22BrClN2O3. The number of nitrogens with one attached hydrogen (secondary N) is 1. The summed E-state index contributed by atoms with van der Waals surface area (Å²) in [6, 6.07) is 25.0. The number of benzene rings is 4. The number of rotatable bonds is 6. The van der Waals surface area contributed by atoms with Crippen LogP contribution in [0.25, 0.3) is 16.8 Å². The standard InChI is InChI=1S/C29H22BrClN2O3/c1-18-6-4-7-19(12-18)16-33-28(34)26(32-29(33)35)15-20-13-24(30)27(25(31)14-20)36-17-22-10-5-9-21-8-2-3-11-23(21)22/h2-15H,16-17H2,1H3,(H,32,35)/b26-15+. The number of aryl methyl sites for hydroxylation is 1. The van der Waals surface area contributed by atoms with Gasteiger partial charge in [0, 0.05) is 0 Å². The molecule has 1 heterocycles. The van der Waals surface area contributed by atoms with Gasteiger partial charge in [0.25, 0.3) is 5.91 Å². The fourth-order valence-corrected chi connectivity index (χ4v) is 5.23. The molecule has 0 unspecified atom stereocenters. The first-order valence-corrected chi connectivity index (χ1v) is 12.5. The average molecular weight is 562 g/mol. The van der Waals surface area contributed by atoms with E-state index in [-0.39, 0.29) is 18.1 Å². The second-order valence-electron chi connectivity index (χ2n) is 8.61. The number of urea groups is 1. The van der Waals surface area contributed by atoms with Gasteiger partial charge in [0.15, 0.2) is 5.75 Å². The molecule has 1 aliphatic heterocycles. The topological polar surface area (TPSA) is 58.6 Å². The number of ether oxygens (including phenoxy) is 1. The minimum Gasteiger partial charge on any atom is -0.486 e. The summed E-state index contributed by atoms with van der Waals surface area (Å²) in [6.45, 7) is 2.52. The molecular weight excluding hydrogens is 540 g/mol. The predicted molar refractivity (Wildman–Crippen MR) is 146 cm³/mol. The number of nitrogens with zero attached hydrogens (tertiary/aromatic N) is 1. The number of fused-ring (bicyclic) bond motifs is 1. The van der Waals surface area contributed by atoms with Crippen molar-refractivity contribution in [3.05, 3.63) is 116 Å². The Kier molecular flexibility index (Phi) is 6.81. The van der Waals surface area contributed by atoms with Crippen molar-refractivity contribution in [1.82, 2.24) is 10.2 Å².